The minimum atomic E-state index is 0.557. The van der Waals surface area contributed by atoms with E-state index in [-0.39, 0.29) is 0 Å². The van der Waals surface area contributed by atoms with Crippen LogP contribution in [0.3, 0.4) is 0 Å². The maximum Gasteiger partial charge on any atom is 0.136 e. The first-order chi connectivity index (χ1) is 10.2. The lowest BCUT2D eigenvalue weighted by molar-refractivity contribution is 0.412. The van der Waals surface area contributed by atoms with Crippen LogP contribution in [0.4, 0.5) is 0 Å². The zero-order valence-corrected chi connectivity index (χ0v) is 12.7. The number of hydrogen-bond donors (Lipinski definition) is 1. The highest BCUT2D eigenvalue weighted by atomic mass is 16.5. The Morgan fingerprint density at radius 3 is 2.86 bits per heavy atom. The van der Waals surface area contributed by atoms with Crippen LogP contribution in [-0.4, -0.2) is 16.9 Å². The van der Waals surface area contributed by atoms with E-state index in [1.807, 2.05) is 30.1 Å². The lowest BCUT2D eigenvalue weighted by Crippen LogP contribution is -2.13. The van der Waals surface area contributed by atoms with Gasteiger partial charge < -0.3 is 10.1 Å². The van der Waals surface area contributed by atoms with Crippen molar-refractivity contribution in [2.45, 2.75) is 26.4 Å². The van der Waals surface area contributed by atoms with Gasteiger partial charge in [-0.1, -0.05) is 13.0 Å². The van der Waals surface area contributed by atoms with E-state index in [9.17, 15) is 0 Å². The Morgan fingerprint density at radius 2 is 2.19 bits per heavy atom. The summed E-state index contributed by atoms with van der Waals surface area (Å²) in [6, 6.07) is 7.75. The molecule has 0 spiro atoms. The van der Waals surface area contributed by atoms with Gasteiger partial charge in [-0.2, -0.15) is 10.4 Å². The molecule has 0 aliphatic heterocycles. The Balaban J connectivity index is 1.99. The van der Waals surface area contributed by atoms with Crippen molar-refractivity contribution in [3.63, 3.8) is 0 Å². The van der Waals surface area contributed by atoms with E-state index in [0.29, 0.717) is 11.3 Å². The average molecular weight is 284 g/mol. The van der Waals surface area contributed by atoms with E-state index in [4.69, 9.17) is 10.00 Å². The summed E-state index contributed by atoms with van der Waals surface area (Å²) in [7, 11) is 3.52. The van der Waals surface area contributed by atoms with E-state index in [1.54, 1.807) is 13.2 Å². The van der Waals surface area contributed by atoms with Crippen LogP contribution in [0.5, 0.6) is 5.75 Å². The van der Waals surface area contributed by atoms with Crippen molar-refractivity contribution in [2.75, 3.05) is 7.11 Å². The minimum absolute atomic E-state index is 0.557. The van der Waals surface area contributed by atoms with E-state index >= 15 is 0 Å². The van der Waals surface area contributed by atoms with Crippen molar-refractivity contribution in [3.8, 4) is 11.8 Å². The number of ether oxygens (including phenoxy) is 1. The zero-order chi connectivity index (χ0) is 15.2. The quantitative estimate of drug-likeness (QED) is 0.883. The number of nitrogens with zero attached hydrogens (tertiary/aromatic N) is 3. The molecule has 1 heterocycles. The van der Waals surface area contributed by atoms with Gasteiger partial charge in [0.25, 0.3) is 0 Å². The van der Waals surface area contributed by atoms with Crippen LogP contribution in [0.15, 0.2) is 24.4 Å². The number of methoxy groups -OCH3 is 1. The Morgan fingerprint density at radius 1 is 1.38 bits per heavy atom. The van der Waals surface area contributed by atoms with Gasteiger partial charge in [0.2, 0.25) is 0 Å². The molecule has 0 aliphatic carbocycles. The summed E-state index contributed by atoms with van der Waals surface area (Å²) >= 11 is 0. The molecule has 0 bridgehead atoms. The van der Waals surface area contributed by atoms with Crippen LogP contribution < -0.4 is 10.1 Å². The summed E-state index contributed by atoms with van der Waals surface area (Å²) in [5.74, 6) is 0.618. The number of benzene rings is 1. The number of rotatable bonds is 6. The smallest absolute Gasteiger partial charge is 0.136 e. The second-order valence-corrected chi connectivity index (χ2v) is 4.88. The molecule has 0 aliphatic rings. The minimum Gasteiger partial charge on any atom is -0.495 e. The van der Waals surface area contributed by atoms with Crippen molar-refractivity contribution < 1.29 is 4.74 Å². The third kappa shape index (κ3) is 3.61. The molecule has 2 rings (SSSR count). The summed E-state index contributed by atoms with van der Waals surface area (Å²) in [5, 5.41) is 16.8. The fraction of sp³-hybridized carbons (Fsp3) is 0.375. The van der Waals surface area contributed by atoms with Gasteiger partial charge in [0, 0.05) is 31.9 Å². The molecular formula is C16H20N4O. The standard InChI is InChI=1S/C16H20N4O/c1-4-15-14(11-20(2)19-15)10-18-9-12-5-6-13(8-17)16(7-12)21-3/h5-7,11,18H,4,9-10H2,1-3H3. The molecule has 0 radical (unpaired) electrons. The predicted molar refractivity (Wildman–Crippen MR) is 80.8 cm³/mol. The largest absolute Gasteiger partial charge is 0.495 e. The van der Waals surface area contributed by atoms with Crippen molar-refractivity contribution in [3.05, 3.63) is 46.8 Å². The molecule has 0 atom stereocenters. The van der Waals surface area contributed by atoms with E-state index in [0.717, 1.165) is 30.8 Å². The van der Waals surface area contributed by atoms with Crippen LogP contribution >= 0.6 is 0 Å². The Labute approximate surface area is 125 Å². The average Bonchev–Trinajstić information content (AvgIpc) is 2.87. The Hall–Kier alpha value is -2.32. The first-order valence-electron chi connectivity index (χ1n) is 6.97. The third-order valence-electron chi connectivity index (χ3n) is 3.36. The predicted octanol–water partition coefficient (Wildman–Crippen LogP) is 2.15. The molecule has 0 saturated heterocycles. The van der Waals surface area contributed by atoms with Crippen LogP contribution in [0.2, 0.25) is 0 Å². The number of aryl methyl sites for hydroxylation is 2. The molecule has 1 aromatic carbocycles. The molecule has 110 valence electrons. The summed E-state index contributed by atoms with van der Waals surface area (Å²) in [6.07, 6.45) is 2.98. The number of aromatic nitrogens is 2. The van der Waals surface area contributed by atoms with Gasteiger partial charge in [0.05, 0.1) is 18.4 Å². The van der Waals surface area contributed by atoms with Crippen molar-refractivity contribution in [2.24, 2.45) is 7.05 Å². The summed E-state index contributed by atoms with van der Waals surface area (Å²) in [6.45, 7) is 3.61. The van der Waals surface area contributed by atoms with Crippen molar-refractivity contribution in [1.82, 2.24) is 15.1 Å². The van der Waals surface area contributed by atoms with Crippen LogP contribution in [0, 0.1) is 11.3 Å². The Kier molecular flexibility index (Phi) is 4.96. The lowest BCUT2D eigenvalue weighted by atomic mass is 10.1. The maximum absolute atomic E-state index is 8.97. The van der Waals surface area contributed by atoms with E-state index < -0.39 is 0 Å². The van der Waals surface area contributed by atoms with Gasteiger partial charge in [0.1, 0.15) is 11.8 Å². The lowest BCUT2D eigenvalue weighted by Gasteiger charge is -2.08. The van der Waals surface area contributed by atoms with Gasteiger partial charge in [-0.05, 0) is 24.1 Å². The first-order valence-corrected chi connectivity index (χ1v) is 6.97. The normalized spacial score (nSPS) is 10.4. The molecule has 0 saturated carbocycles. The van der Waals surface area contributed by atoms with Crippen molar-refractivity contribution >= 4 is 0 Å². The van der Waals surface area contributed by atoms with E-state index in [2.05, 4.69) is 23.4 Å². The fourth-order valence-corrected chi connectivity index (χ4v) is 2.31. The maximum atomic E-state index is 8.97. The van der Waals surface area contributed by atoms with Crippen molar-refractivity contribution in [1.29, 1.82) is 5.26 Å². The fourth-order valence-electron chi connectivity index (χ4n) is 2.31. The van der Waals surface area contributed by atoms with Crippen LogP contribution in [0.25, 0.3) is 0 Å². The third-order valence-corrected chi connectivity index (χ3v) is 3.36. The second kappa shape index (κ2) is 6.91. The Bertz CT molecular complexity index is 655. The zero-order valence-electron chi connectivity index (χ0n) is 12.7. The van der Waals surface area contributed by atoms with Gasteiger partial charge in [-0.25, -0.2) is 0 Å². The van der Waals surface area contributed by atoms with Gasteiger partial charge >= 0.3 is 0 Å². The highest BCUT2D eigenvalue weighted by molar-refractivity contribution is 5.45. The molecule has 5 heteroatoms. The van der Waals surface area contributed by atoms with Crippen LogP contribution in [0.1, 0.15) is 29.3 Å². The monoisotopic (exact) mass is 284 g/mol. The molecule has 0 fully saturated rings. The second-order valence-electron chi connectivity index (χ2n) is 4.88. The van der Waals surface area contributed by atoms with Crippen LogP contribution in [-0.2, 0) is 26.6 Å². The van der Waals surface area contributed by atoms with E-state index in [1.165, 1.54) is 5.56 Å². The molecule has 2 aromatic rings. The molecule has 0 unspecified atom stereocenters. The summed E-state index contributed by atoms with van der Waals surface area (Å²) in [4.78, 5) is 0. The SMILES string of the molecule is CCc1nn(C)cc1CNCc1ccc(C#N)c(OC)c1. The van der Waals surface area contributed by atoms with Gasteiger partial charge in [0.15, 0.2) is 0 Å². The summed E-state index contributed by atoms with van der Waals surface area (Å²) in [5.41, 5.74) is 4.00. The highest BCUT2D eigenvalue weighted by Gasteiger charge is 2.06. The van der Waals surface area contributed by atoms with Gasteiger partial charge in [-0.3, -0.25) is 4.68 Å². The molecule has 1 aromatic heterocycles. The summed E-state index contributed by atoms with van der Waals surface area (Å²) < 4.78 is 7.07. The molecular weight excluding hydrogens is 264 g/mol. The highest BCUT2D eigenvalue weighted by Crippen LogP contribution is 2.19. The number of nitrogens with one attached hydrogen (secondary N) is 1. The molecule has 5 nitrogen and oxygen atoms in total. The molecule has 0 amide bonds. The first kappa shape index (κ1) is 15.1. The number of nitriles is 1. The topological polar surface area (TPSA) is 62.9 Å². The molecule has 21 heavy (non-hydrogen) atoms. The number of hydrogen-bond acceptors (Lipinski definition) is 4. The van der Waals surface area contributed by atoms with Gasteiger partial charge in [-0.15, -0.1) is 0 Å². The molecule has 1 N–H and O–H groups in total.